The van der Waals surface area contributed by atoms with Crippen LogP contribution in [0, 0.1) is 5.82 Å². The molecule has 0 atom stereocenters. The molecule has 0 aromatic rings. The van der Waals surface area contributed by atoms with Gasteiger partial charge in [-0.15, -0.1) is 0 Å². The molecule has 2 aliphatic rings. The highest BCUT2D eigenvalue weighted by Gasteiger charge is 2.15. The molecular formula is C10H8FNO3. The summed E-state index contributed by atoms with van der Waals surface area (Å²) in [4.78, 5) is 14.7. The van der Waals surface area contributed by atoms with Crippen molar-refractivity contribution in [1.82, 2.24) is 4.98 Å². The van der Waals surface area contributed by atoms with Gasteiger partial charge in [0.2, 0.25) is 0 Å². The average Bonchev–Trinajstić information content (AvgIpc) is 2.60. The lowest BCUT2D eigenvalue weighted by atomic mass is 10.2. The van der Waals surface area contributed by atoms with E-state index in [0.717, 1.165) is 6.20 Å². The third-order valence-corrected chi connectivity index (χ3v) is 1.97. The van der Waals surface area contributed by atoms with Gasteiger partial charge in [-0.3, -0.25) is 4.79 Å². The molecule has 0 bridgehead atoms. The number of hydrogen-bond acceptors (Lipinski definition) is 4. The van der Waals surface area contributed by atoms with Crippen molar-refractivity contribution in [3.05, 3.63) is 29.9 Å². The molecule has 0 spiro atoms. The van der Waals surface area contributed by atoms with Crippen molar-refractivity contribution in [2.24, 2.45) is 0 Å². The van der Waals surface area contributed by atoms with Crippen LogP contribution in [0.3, 0.4) is 0 Å². The number of fused-ring (bicyclic) bond motifs is 1. The number of esters is 1. The maximum absolute atomic E-state index is 13.1. The summed E-state index contributed by atoms with van der Waals surface area (Å²) in [7, 11) is 1.28. The normalized spacial score (nSPS) is 10.5. The van der Waals surface area contributed by atoms with E-state index in [1.807, 2.05) is 0 Å². The number of carbonyl (C=O) groups excluding carboxylic acids is 1. The third-order valence-electron chi connectivity index (χ3n) is 1.97. The summed E-state index contributed by atoms with van der Waals surface area (Å²) in [6, 6.07) is 3.17. The van der Waals surface area contributed by atoms with E-state index in [1.165, 1.54) is 7.11 Å². The van der Waals surface area contributed by atoms with Gasteiger partial charge < -0.3 is 9.15 Å². The zero-order valence-corrected chi connectivity index (χ0v) is 7.99. The maximum atomic E-state index is 13.1. The number of methoxy groups -OCH3 is 1. The molecule has 78 valence electrons. The molecule has 0 unspecified atom stereocenters. The van der Waals surface area contributed by atoms with Crippen LogP contribution < -0.4 is 0 Å². The number of nitrogens with zero attached hydrogens (tertiary/aromatic N) is 1. The molecule has 2 heterocycles. The Balaban J connectivity index is 2.34. The second kappa shape index (κ2) is 3.68. The zero-order chi connectivity index (χ0) is 10.8. The first-order valence-corrected chi connectivity index (χ1v) is 4.30. The van der Waals surface area contributed by atoms with E-state index in [2.05, 4.69) is 9.72 Å². The molecule has 15 heavy (non-hydrogen) atoms. The molecule has 2 rings (SSSR count). The molecule has 2 aliphatic heterocycles. The van der Waals surface area contributed by atoms with Crippen molar-refractivity contribution in [3.8, 4) is 11.5 Å². The van der Waals surface area contributed by atoms with Gasteiger partial charge in [-0.1, -0.05) is 0 Å². The SMILES string of the molecule is COC(=O)Cc1ccc2ncc(F)c-2o1. The summed E-state index contributed by atoms with van der Waals surface area (Å²) >= 11 is 0. The topological polar surface area (TPSA) is 52.3 Å². The Morgan fingerprint density at radius 3 is 3.13 bits per heavy atom. The molecule has 0 saturated carbocycles. The minimum Gasteiger partial charge on any atom is -0.469 e. The smallest absolute Gasteiger partial charge is 0.313 e. The number of aromatic nitrogens is 1. The van der Waals surface area contributed by atoms with Crippen LogP contribution in [0.4, 0.5) is 4.39 Å². The van der Waals surface area contributed by atoms with Crippen LogP contribution in [-0.4, -0.2) is 18.1 Å². The van der Waals surface area contributed by atoms with Gasteiger partial charge in [0, 0.05) is 0 Å². The van der Waals surface area contributed by atoms with E-state index in [4.69, 9.17) is 4.42 Å². The molecular weight excluding hydrogens is 201 g/mol. The summed E-state index contributed by atoms with van der Waals surface area (Å²) in [6.45, 7) is 0. The molecule has 0 radical (unpaired) electrons. The Morgan fingerprint density at radius 1 is 1.60 bits per heavy atom. The number of ether oxygens (including phenoxy) is 1. The second-order valence-electron chi connectivity index (χ2n) is 2.98. The highest BCUT2D eigenvalue weighted by Crippen LogP contribution is 2.25. The molecule has 0 N–H and O–H groups in total. The number of rotatable bonds is 2. The minimum absolute atomic E-state index is 0.0168. The van der Waals surface area contributed by atoms with Gasteiger partial charge in [0.1, 0.15) is 17.9 Å². The van der Waals surface area contributed by atoms with Crippen LogP contribution in [0.1, 0.15) is 5.76 Å². The molecule has 0 fully saturated rings. The molecule has 0 aromatic heterocycles. The first-order valence-electron chi connectivity index (χ1n) is 4.30. The highest BCUT2D eigenvalue weighted by molar-refractivity contribution is 5.71. The van der Waals surface area contributed by atoms with Gasteiger partial charge in [-0.2, -0.15) is 0 Å². The van der Waals surface area contributed by atoms with Crippen molar-refractivity contribution >= 4 is 5.97 Å². The van der Waals surface area contributed by atoms with Gasteiger partial charge in [-0.25, -0.2) is 9.37 Å². The lowest BCUT2D eigenvalue weighted by Gasteiger charge is -2.02. The lowest BCUT2D eigenvalue weighted by Crippen LogP contribution is -2.04. The first-order chi connectivity index (χ1) is 7.20. The molecule has 0 amide bonds. The number of hydrogen-bond donors (Lipinski definition) is 0. The quantitative estimate of drug-likeness (QED) is 0.705. The highest BCUT2D eigenvalue weighted by atomic mass is 19.1. The zero-order valence-electron chi connectivity index (χ0n) is 7.99. The Hall–Kier alpha value is -1.91. The van der Waals surface area contributed by atoms with E-state index in [9.17, 15) is 9.18 Å². The predicted molar refractivity (Wildman–Crippen MR) is 48.8 cm³/mol. The third kappa shape index (κ3) is 1.81. The van der Waals surface area contributed by atoms with Gasteiger partial charge in [0.25, 0.3) is 0 Å². The van der Waals surface area contributed by atoms with E-state index >= 15 is 0 Å². The summed E-state index contributed by atoms with van der Waals surface area (Å²) in [6.07, 6.45) is 1.06. The largest absolute Gasteiger partial charge is 0.469 e. The number of halogens is 1. The summed E-state index contributed by atoms with van der Waals surface area (Å²) < 4.78 is 22.7. The Morgan fingerprint density at radius 2 is 2.40 bits per heavy atom. The van der Waals surface area contributed by atoms with Gasteiger partial charge in [-0.05, 0) is 12.1 Å². The molecule has 4 nitrogen and oxygen atoms in total. The standard InChI is InChI=1S/C10H8FNO3/c1-14-9(13)4-6-2-3-8-10(15-6)7(11)5-12-8/h2-3,5H,4H2,1H3. The van der Waals surface area contributed by atoms with E-state index in [1.54, 1.807) is 12.1 Å². The average molecular weight is 209 g/mol. The fourth-order valence-corrected chi connectivity index (χ4v) is 1.23. The molecule has 0 aliphatic carbocycles. The Labute approximate surface area is 85.0 Å². The van der Waals surface area contributed by atoms with Crippen LogP contribution >= 0.6 is 0 Å². The van der Waals surface area contributed by atoms with Crippen molar-refractivity contribution in [2.75, 3.05) is 7.11 Å². The molecule has 0 aromatic carbocycles. The van der Waals surface area contributed by atoms with Crippen LogP contribution in [0.2, 0.25) is 0 Å². The lowest BCUT2D eigenvalue weighted by molar-refractivity contribution is -0.140. The van der Waals surface area contributed by atoms with Crippen LogP contribution in [-0.2, 0) is 16.0 Å². The van der Waals surface area contributed by atoms with Gasteiger partial charge >= 0.3 is 5.97 Å². The first kappa shape index (κ1) is 9.64. The summed E-state index contributed by atoms with van der Waals surface area (Å²) in [5.41, 5.74) is 0.432. The summed E-state index contributed by atoms with van der Waals surface area (Å²) in [5, 5.41) is 0. The van der Waals surface area contributed by atoms with Crippen LogP contribution in [0.25, 0.3) is 11.5 Å². The molecule has 0 saturated heterocycles. The summed E-state index contributed by atoms with van der Waals surface area (Å²) in [5.74, 6) is -0.549. The van der Waals surface area contributed by atoms with Crippen LogP contribution in [0.15, 0.2) is 22.7 Å². The maximum Gasteiger partial charge on any atom is 0.313 e. The van der Waals surface area contributed by atoms with E-state index in [-0.39, 0.29) is 12.2 Å². The van der Waals surface area contributed by atoms with Crippen molar-refractivity contribution in [2.45, 2.75) is 6.42 Å². The van der Waals surface area contributed by atoms with Crippen molar-refractivity contribution < 1.29 is 18.3 Å². The molecule has 5 heteroatoms. The van der Waals surface area contributed by atoms with Crippen molar-refractivity contribution in [1.29, 1.82) is 0 Å². The van der Waals surface area contributed by atoms with E-state index < -0.39 is 11.8 Å². The Bertz CT molecular complexity index is 466. The van der Waals surface area contributed by atoms with Crippen molar-refractivity contribution in [3.63, 3.8) is 0 Å². The van der Waals surface area contributed by atoms with Crippen LogP contribution in [0.5, 0.6) is 0 Å². The van der Waals surface area contributed by atoms with Gasteiger partial charge in [0.05, 0.1) is 13.3 Å². The monoisotopic (exact) mass is 209 g/mol. The van der Waals surface area contributed by atoms with Gasteiger partial charge in [0.15, 0.2) is 11.6 Å². The fourth-order valence-electron chi connectivity index (χ4n) is 1.23. The van der Waals surface area contributed by atoms with E-state index in [0.29, 0.717) is 11.5 Å². The predicted octanol–water partition coefficient (Wildman–Crippen LogP) is 1.63. The fraction of sp³-hybridized carbons (Fsp3) is 0.200. The second-order valence-corrected chi connectivity index (χ2v) is 2.98. The number of carbonyl (C=O) groups is 1. The minimum atomic E-state index is -0.531. The Kier molecular flexibility index (Phi) is 2.37.